The van der Waals surface area contributed by atoms with Crippen molar-refractivity contribution < 1.29 is 9.90 Å². The predicted molar refractivity (Wildman–Crippen MR) is 58.6 cm³/mol. The first-order chi connectivity index (χ1) is 7.18. The monoisotopic (exact) mass is 209 g/mol. The van der Waals surface area contributed by atoms with E-state index in [-0.39, 0.29) is 11.8 Å². The lowest BCUT2D eigenvalue weighted by atomic mass is 9.99. The molecule has 0 aromatic carbocycles. The molecular weight excluding hydrogens is 190 g/mol. The quantitative estimate of drug-likeness (QED) is 0.704. The number of hydrogen-bond acceptors (Lipinski definition) is 2. The van der Waals surface area contributed by atoms with Crippen molar-refractivity contribution in [2.45, 2.75) is 32.2 Å². The van der Waals surface area contributed by atoms with E-state index in [2.05, 4.69) is 17.1 Å². The molecule has 3 atom stereocenters. The Kier molecular flexibility index (Phi) is 3.10. The highest BCUT2D eigenvalue weighted by Crippen LogP contribution is 2.28. The summed E-state index contributed by atoms with van der Waals surface area (Å²) >= 11 is 0. The highest BCUT2D eigenvalue weighted by molar-refractivity contribution is 5.71. The second-order valence-corrected chi connectivity index (χ2v) is 4.80. The molecular formula is C12H19NO2. The van der Waals surface area contributed by atoms with E-state index in [9.17, 15) is 4.79 Å². The zero-order chi connectivity index (χ0) is 10.8. The number of carbonyl (C=O) groups is 1. The summed E-state index contributed by atoms with van der Waals surface area (Å²) in [7, 11) is 0. The standard InChI is InChI=1S/C12H19NO2/c1-9-7-13(8-11(9)12(14)15)10-5-3-2-4-6-10/h3,5,9-11H,2,4,6-8H2,1H3,(H,14,15)/t9-,10?,11-/m1/s1. The third-order valence-electron chi connectivity index (χ3n) is 3.66. The van der Waals surface area contributed by atoms with Crippen LogP contribution in [0.2, 0.25) is 0 Å². The average Bonchev–Trinajstić information content (AvgIpc) is 2.62. The van der Waals surface area contributed by atoms with Crippen LogP contribution in [-0.4, -0.2) is 35.1 Å². The second-order valence-electron chi connectivity index (χ2n) is 4.80. The van der Waals surface area contributed by atoms with Crippen LogP contribution in [0.4, 0.5) is 0 Å². The van der Waals surface area contributed by atoms with E-state index >= 15 is 0 Å². The molecule has 84 valence electrons. The molecule has 2 rings (SSSR count). The fourth-order valence-corrected chi connectivity index (χ4v) is 2.70. The van der Waals surface area contributed by atoms with E-state index in [1.807, 2.05) is 6.92 Å². The van der Waals surface area contributed by atoms with Gasteiger partial charge in [-0.3, -0.25) is 9.69 Å². The van der Waals surface area contributed by atoms with Crippen molar-refractivity contribution in [2.75, 3.05) is 13.1 Å². The lowest BCUT2D eigenvalue weighted by Gasteiger charge is -2.27. The Bertz CT molecular complexity index is 275. The number of carboxylic acids is 1. The van der Waals surface area contributed by atoms with Crippen LogP contribution in [0.3, 0.4) is 0 Å². The zero-order valence-corrected chi connectivity index (χ0v) is 9.22. The van der Waals surface area contributed by atoms with E-state index in [0.717, 1.165) is 13.1 Å². The molecule has 1 unspecified atom stereocenters. The number of nitrogens with zero attached hydrogens (tertiary/aromatic N) is 1. The first kappa shape index (κ1) is 10.7. The van der Waals surface area contributed by atoms with Crippen LogP contribution < -0.4 is 0 Å². The van der Waals surface area contributed by atoms with E-state index in [4.69, 9.17) is 5.11 Å². The third kappa shape index (κ3) is 2.23. The summed E-state index contributed by atoms with van der Waals surface area (Å²) in [4.78, 5) is 13.3. The Morgan fingerprint density at radius 1 is 1.47 bits per heavy atom. The van der Waals surface area contributed by atoms with Crippen LogP contribution in [-0.2, 0) is 4.79 Å². The number of carboxylic acid groups (broad SMARTS) is 1. The maximum absolute atomic E-state index is 11.0. The molecule has 3 nitrogen and oxygen atoms in total. The maximum Gasteiger partial charge on any atom is 0.308 e. The fourth-order valence-electron chi connectivity index (χ4n) is 2.70. The molecule has 0 aromatic rings. The summed E-state index contributed by atoms with van der Waals surface area (Å²) < 4.78 is 0. The maximum atomic E-state index is 11.0. The summed E-state index contributed by atoms with van der Waals surface area (Å²) in [5, 5.41) is 9.06. The lowest BCUT2D eigenvalue weighted by Crippen LogP contribution is -2.33. The van der Waals surface area contributed by atoms with Crippen molar-refractivity contribution in [3.8, 4) is 0 Å². The smallest absolute Gasteiger partial charge is 0.308 e. The fraction of sp³-hybridized carbons (Fsp3) is 0.750. The molecule has 1 saturated heterocycles. The van der Waals surface area contributed by atoms with Gasteiger partial charge in [0.1, 0.15) is 0 Å². The molecule has 0 saturated carbocycles. The Balaban J connectivity index is 1.98. The number of likely N-dealkylation sites (tertiary alicyclic amines) is 1. The molecule has 15 heavy (non-hydrogen) atoms. The summed E-state index contributed by atoms with van der Waals surface area (Å²) in [6, 6.07) is 0.491. The molecule has 0 bridgehead atoms. The highest BCUT2D eigenvalue weighted by Gasteiger charge is 2.37. The molecule has 0 amide bonds. The first-order valence-corrected chi connectivity index (χ1v) is 5.82. The van der Waals surface area contributed by atoms with Crippen molar-refractivity contribution in [1.82, 2.24) is 4.90 Å². The molecule has 0 radical (unpaired) electrons. The molecule has 1 heterocycles. The van der Waals surface area contributed by atoms with Gasteiger partial charge in [-0.25, -0.2) is 0 Å². The van der Waals surface area contributed by atoms with Gasteiger partial charge in [-0.2, -0.15) is 0 Å². The largest absolute Gasteiger partial charge is 0.481 e. The minimum atomic E-state index is -0.634. The van der Waals surface area contributed by atoms with Gasteiger partial charge in [0.25, 0.3) is 0 Å². The lowest BCUT2D eigenvalue weighted by molar-refractivity contribution is -0.142. The second kappa shape index (κ2) is 4.35. The van der Waals surface area contributed by atoms with E-state index in [0.29, 0.717) is 6.04 Å². The van der Waals surface area contributed by atoms with E-state index in [1.54, 1.807) is 0 Å². The molecule has 0 aromatic heterocycles. The summed E-state index contributed by atoms with van der Waals surface area (Å²) in [5.41, 5.74) is 0. The van der Waals surface area contributed by atoms with Crippen molar-refractivity contribution in [3.05, 3.63) is 12.2 Å². The van der Waals surface area contributed by atoms with Crippen LogP contribution in [0.1, 0.15) is 26.2 Å². The first-order valence-electron chi connectivity index (χ1n) is 5.82. The molecule has 1 N–H and O–H groups in total. The summed E-state index contributed by atoms with van der Waals surface area (Å²) in [6.45, 7) is 3.71. The molecule has 2 aliphatic rings. The zero-order valence-electron chi connectivity index (χ0n) is 9.22. The molecule has 3 heteroatoms. The number of aliphatic carboxylic acids is 1. The molecule has 0 spiro atoms. The average molecular weight is 209 g/mol. The Morgan fingerprint density at radius 2 is 2.27 bits per heavy atom. The van der Waals surface area contributed by atoms with Gasteiger partial charge in [0.15, 0.2) is 0 Å². The van der Waals surface area contributed by atoms with Gasteiger partial charge in [0, 0.05) is 19.1 Å². The van der Waals surface area contributed by atoms with Gasteiger partial charge in [-0.1, -0.05) is 19.1 Å². The summed E-state index contributed by atoms with van der Waals surface area (Å²) in [5.74, 6) is -0.511. The number of rotatable bonds is 2. The van der Waals surface area contributed by atoms with Gasteiger partial charge in [0.05, 0.1) is 5.92 Å². The Labute approximate surface area is 90.8 Å². The minimum Gasteiger partial charge on any atom is -0.481 e. The van der Waals surface area contributed by atoms with Crippen molar-refractivity contribution in [3.63, 3.8) is 0 Å². The SMILES string of the molecule is C[C@@H]1CN(C2C=CCCC2)C[C@H]1C(=O)O. The minimum absolute atomic E-state index is 0.166. The molecule has 1 aliphatic carbocycles. The van der Waals surface area contributed by atoms with Crippen molar-refractivity contribution in [2.24, 2.45) is 11.8 Å². The van der Waals surface area contributed by atoms with E-state index < -0.39 is 5.97 Å². The normalized spacial score (nSPS) is 37.0. The van der Waals surface area contributed by atoms with Gasteiger partial charge in [0.2, 0.25) is 0 Å². The van der Waals surface area contributed by atoms with Crippen LogP contribution in [0.5, 0.6) is 0 Å². The Hall–Kier alpha value is -0.830. The molecule has 1 aliphatic heterocycles. The van der Waals surface area contributed by atoms with Gasteiger partial charge >= 0.3 is 5.97 Å². The number of allylic oxidation sites excluding steroid dienone is 1. The topological polar surface area (TPSA) is 40.5 Å². The van der Waals surface area contributed by atoms with Crippen molar-refractivity contribution in [1.29, 1.82) is 0 Å². The summed E-state index contributed by atoms with van der Waals surface area (Å²) in [6.07, 6.45) is 8.09. The van der Waals surface area contributed by atoms with Gasteiger partial charge in [-0.15, -0.1) is 0 Å². The van der Waals surface area contributed by atoms with Crippen LogP contribution in [0, 0.1) is 11.8 Å². The van der Waals surface area contributed by atoms with Crippen LogP contribution >= 0.6 is 0 Å². The number of hydrogen-bond donors (Lipinski definition) is 1. The molecule has 1 fully saturated rings. The highest BCUT2D eigenvalue weighted by atomic mass is 16.4. The predicted octanol–water partition coefficient (Wildman–Crippen LogP) is 1.75. The van der Waals surface area contributed by atoms with Gasteiger partial charge in [-0.05, 0) is 25.2 Å². The van der Waals surface area contributed by atoms with E-state index in [1.165, 1.54) is 19.3 Å². The Morgan fingerprint density at radius 3 is 2.80 bits per heavy atom. The third-order valence-corrected chi connectivity index (χ3v) is 3.66. The van der Waals surface area contributed by atoms with Crippen LogP contribution in [0.25, 0.3) is 0 Å². The van der Waals surface area contributed by atoms with Crippen LogP contribution in [0.15, 0.2) is 12.2 Å². The van der Waals surface area contributed by atoms with Gasteiger partial charge < -0.3 is 5.11 Å². The van der Waals surface area contributed by atoms with Crippen molar-refractivity contribution >= 4 is 5.97 Å².